The molecule has 2 rings (SSSR count). The lowest BCUT2D eigenvalue weighted by molar-refractivity contribution is 0.0945. The highest BCUT2D eigenvalue weighted by molar-refractivity contribution is 5.92. The summed E-state index contributed by atoms with van der Waals surface area (Å²) in [5, 5.41) is 10.6. The fourth-order valence-electron chi connectivity index (χ4n) is 1.28. The molecule has 17 heavy (non-hydrogen) atoms. The number of carbonyl (C=O) groups is 1. The van der Waals surface area contributed by atoms with Crippen molar-refractivity contribution in [2.75, 3.05) is 0 Å². The van der Waals surface area contributed by atoms with Gasteiger partial charge in [0.25, 0.3) is 5.91 Å². The number of carbonyl (C=O) groups excluding carboxylic acids is 1. The molecule has 0 saturated heterocycles. The Kier molecular flexibility index (Phi) is 3.40. The maximum absolute atomic E-state index is 11.7. The van der Waals surface area contributed by atoms with Gasteiger partial charge < -0.3 is 5.32 Å². The van der Waals surface area contributed by atoms with Crippen molar-refractivity contribution in [2.24, 2.45) is 0 Å². The molecule has 5 nitrogen and oxygen atoms in total. The number of rotatable bonds is 3. The van der Waals surface area contributed by atoms with Crippen molar-refractivity contribution in [1.82, 2.24) is 20.5 Å². The Bertz CT molecular complexity index is 496. The first kappa shape index (κ1) is 11.2. The summed E-state index contributed by atoms with van der Waals surface area (Å²) in [4.78, 5) is 15.6. The van der Waals surface area contributed by atoms with Gasteiger partial charge in [-0.3, -0.25) is 9.78 Å². The smallest absolute Gasteiger partial charge is 0.270 e. The van der Waals surface area contributed by atoms with Gasteiger partial charge in [-0.2, -0.15) is 10.2 Å². The van der Waals surface area contributed by atoms with Crippen molar-refractivity contribution in [1.29, 1.82) is 0 Å². The molecule has 0 aliphatic heterocycles. The minimum atomic E-state index is -0.215. The van der Waals surface area contributed by atoms with Crippen molar-refractivity contribution < 1.29 is 4.79 Å². The maximum Gasteiger partial charge on any atom is 0.270 e. The summed E-state index contributed by atoms with van der Waals surface area (Å²) in [5.74, 6) is -0.215. The van der Waals surface area contributed by atoms with Crippen LogP contribution < -0.4 is 5.32 Å². The largest absolute Gasteiger partial charge is 0.345 e. The third kappa shape index (κ3) is 3.07. The lowest BCUT2D eigenvalue weighted by Gasteiger charge is -2.03. The van der Waals surface area contributed by atoms with Gasteiger partial charge in [-0.15, -0.1) is 0 Å². The summed E-state index contributed by atoms with van der Waals surface area (Å²) in [6.45, 7) is 2.21. The van der Waals surface area contributed by atoms with Crippen molar-refractivity contribution in [3.63, 3.8) is 0 Å². The number of aromatic nitrogens is 3. The molecule has 0 aliphatic carbocycles. The van der Waals surface area contributed by atoms with Gasteiger partial charge in [0, 0.05) is 6.20 Å². The van der Waals surface area contributed by atoms with Gasteiger partial charge in [0.1, 0.15) is 5.69 Å². The van der Waals surface area contributed by atoms with Gasteiger partial charge in [-0.05, 0) is 31.2 Å². The molecule has 0 aliphatic rings. The zero-order valence-corrected chi connectivity index (χ0v) is 9.42. The molecule has 2 aromatic rings. The molecule has 0 spiro atoms. The average Bonchev–Trinajstić information content (AvgIpc) is 2.39. The van der Waals surface area contributed by atoms with Crippen molar-refractivity contribution >= 4 is 5.91 Å². The number of pyridine rings is 1. The van der Waals surface area contributed by atoms with Gasteiger partial charge >= 0.3 is 0 Å². The standard InChI is InChI=1S/C12H12N4O/c1-9-5-6-10(16-15-9)8-14-12(17)11-4-2-3-7-13-11/h2-7H,8H2,1H3,(H,14,17). The first-order valence-electron chi connectivity index (χ1n) is 5.24. The molecular formula is C12H12N4O. The van der Waals surface area contributed by atoms with E-state index in [1.807, 2.05) is 19.1 Å². The van der Waals surface area contributed by atoms with Crippen LogP contribution in [-0.4, -0.2) is 21.1 Å². The first-order chi connectivity index (χ1) is 8.25. The SMILES string of the molecule is Cc1ccc(CNC(=O)c2ccccn2)nn1. The zero-order valence-electron chi connectivity index (χ0n) is 9.42. The van der Waals surface area contributed by atoms with Crippen LogP contribution in [0.3, 0.4) is 0 Å². The zero-order chi connectivity index (χ0) is 12.1. The Morgan fingerprint density at radius 2 is 2.12 bits per heavy atom. The van der Waals surface area contributed by atoms with Crippen LogP contribution in [0.25, 0.3) is 0 Å². The second-order valence-corrected chi connectivity index (χ2v) is 3.56. The van der Waals surface area contributed by atoms with E-state index in [-0.39, 0.29) is 5.91 Å². The molecule has 5 heteroatoms. The number of aryl methyl sites for hydroxylation is 1. The fourth-order valence-corrected chi connectivity index (χ4v) is 1.28. The van der Waals surface area contributed by atoms with Crippen LogP contribution in [0.2, 0.25) is 0 Å². The van der Waals surface area contributed by atoms with Gasteiger partial charge in [-0.25, -0.2) is 0 Å². The van der Waals surface area contributed by atoms with Gasteiger partial charge in [-0.1, -0.05) is 6.07 Å². The fraction of sp³-hybridized carbons (Fsp3) is 0.167. The van der Waals surface area contributed by atoms with Crippen LogP contribution in [0.1, 0.15) is 21.9 Å². The van der Waals surface area contributed by atoms with E-state index >= 15 is 0 Å². The monoisotopic (exact) mass is 228 g/mol. The molecule has 0 atom stereocenters. The topological polar surface area (TPSA) is 67.8 Å². The molecule has 1 amide bonds. The quantitative estimate of drug-likeness (QED) is 0.854. The van der Waals surface area contributed by atoms with E-state index < -0.39 is 0 Å². The van der Waals surface area contributed by atoms with E-state index in [0.717, 1.165) is 11.4 Å². The summed E-state index contributed by atoms with van der Waals surface area (Å²) in [5.41, 5.74) is 1.97. The van der Waals surface area contributed by atoms with E-state index in [1.54, 1.807) is 24.4 Å². The number of hydrogen-bond acceptors (Lipinski definition) is 4. The molecule has 1 N–H and O–H groups in total. The Hall–Kier alpha value is -2.30. The van der Waals surface area contributed by atoms with Crippen LogP contribution in [0.15, 0.2) is 36.5 Å². The van der Waals surface area contributed by atoms with Crippen LogP contribution in [0, 0.1) is 6.92 Å². The molecule has 2 heterocycles. The second kappa shape index (κ2) is 5.16. The van der Waals surface area contributed by atoms with Gasteiger partial charge in [0.2, 0.25) is 0 Å². The third-order valence-electron chi connectivity index (χ3n) is 2.18. The number of nitrogens with zero attached hydrogens (tertiary/aromatic N) is 3. The lowest BCUT2D eigenvalue weighted by Crippen LogP contribution is -2.24. The first-order valence-corrected chi connectivity index (χ1v) is 5.24. The maximum atomic E-state index is 11.7. The summed E-state index contributed by atoms with van der Waals surface area (Å²) >= 11 is 0. The summed E-state index contributed by atoms with van der Waals surface area (Å²) in [6, 6.07) is 8.89. The minimum Gasteiger partial charge on any atom is -0.345 e. The van der Waals surface area contributed by atoms with E-state index in [0.29, 0.717) is 12.2 Å². The summed E-state index contributed by atoms with van der Waals surface area (Å²) in [6.07, 6.45) is 1.58. The Balaban J connectivity index is 1.95. The predicted molar refractivity (Wildman–Crippen MR) is 62.2 cm³/mol. The molecule has 0 radical (unpaired) electrons. The highest BCUT2D eigenvalue weighted by Gasteiger charge is 2.05. The molecule has 0 unspecified atom stereocenters. The third-order valence-corrected chi connectivity index (χ3v) is 2.18. The Morgan fingerprint density at radius 3 is 2.76 bits per heavy atom. The van der Waals surface area contributed by atoms with E-state index in [4.69, 9.17) is 0 Å². The van der Waals surface area contributed by atoms with Crippen LogP contribution in [-0.2, 0) is 6.54 Å². The number of hydrogen-bond donors (Lipinski definition) is 1. The van der Waals surface area contributed by atoms with E-state index in [9.17, 15) is 4.79 Å². The van der Waals surface area contributed by atoms with Crippen molar-refractivity contribution in [2.45, 2.75) is 13.5 Å². The van der Waals surface area contributed by atoms with Gasteiger partial charge in [0.05, 0.1) is 17.9 Å². The normalized spacial score (nSPS) is 9.94. The average molecular weight is 228 g/mol. The Morgan fingerprint density at radius 1 is 1.24 bits per heavy atom. The highest BCUT2D eigenvalue weighted by atomic mass is 16.1. The van der Waals surface area contributed by atoms with Crippen LogP contribution in [0.5, 0.6) is 0 Å². The van der Waals surface area contributed by atoms with Crippen molar-refractivity contribution in [3.8, 4) is 0 Å². The van der Waals surface area contributed by atoms with E-state index in [1.165, 1.54) is 0 Å². The number of amides is 1. The van der Waals surface area contributed by atoms with Crippen LogP contribution >= 0.6 is 0 Å². The molecule has 0 bridgehead atoms. The number of nitrogens with one attached hydrogen (secondary N) is 1. The summed E-state index contributed by atoms with van der Waals surface area (Å²) < 4.78 is 0. The van der Waals surface area contributed by atoms with Crippen LogP contribution in [0.4, 0.5) is 0 Å². The van der Waals surface area contributed by atoms with Crippen molar-refractivity contribution in [3.05, 3.63) is 53.6 Å². The predicted octanol–water partition coefficient (Wildman–Crippen LogP) is 1.11. The van der Waals surface area contributed by atoms with E-state index in [2.05, 4.69) is 20.5 Å². The lowest BCUT2D eigenvalue weighted by atomic mass is 10.3. The minimum absolute atomic E-state index is 0.215. The molecule has 2 aromatic heterocycles. The molecule has 86 valence electrons. The summed E-state index contributed by atoms with van der Waals surface area (Å²) in [7, 11) is 0. The molecular weight excluding hydrogens is 216 g/mol. The van der Waals surface area contributed by atoms with Gasteiger partial charge in [0.15, 0.2) is 0 Å². The highest BCUT2D eigenvalue weighted by Crippen LogP contribution is 1.97. The molecule has 0 aromatic carbocycles. The molecule has 0 fully saturated rings. The molecule has 0 saturated carbocycles. The second-order valence-electron chi connectivity index (χ2n) is 3.56. The Labute approximate surface area is 98.9 Å².